The molecule has 0 amide bonds. The maximum absolute atomic E-state index is 12.9. The van der Waals surface area contributed by atoms with Crippen molar-refractivity contribution in [1.82, 2.24) is 19.1 Å². The van der Waals surface area contributed by atoms with E-state index in [1.54, 1.807) is 45.5 Å². The number of fused-ring (bicyclic) bond motifs is 2. The molecular formula is C24H16Cl2N4O2. The third-order valence-corrected chi connectivity index (χ3v) is 5.74. The predicted molar refractivity (Wildman–Crippen MR) is 127 cm³/mol. The van der Waals surface area contributed by atoms with Crippen LogP contribution in [0.1, 0.15) is 11.1 Å². The van der Waals surface area contributed by atoms with E-state index >= 15 is 0 Å². The Bertz CT molecular complexity index is 1490. The lowest BCUT2D eigenvalue weighted by Gasteiger charge is -2.10. The summed E-state index contributed by atoms with van der Waals surface area (Å²) in [5.74, 6) is 0. The number of rotatable bonds is 4. The molecule has 0 N–H and O–H groups in total. The predicted octanol–water partition coefficient (Wildman–Crippen LogP) is 4.51. The second-order valence-electron chi connectivity index (χ2n) is 7.50. The van der Waals surface area contributed by atoms with E-state index in [1.165, 1.54) is 12.7 Å². The van der Waals surface area contributed by atoms with Gasteiger partial charge in [0.25, 0.3) is 11.1 Å². The number of aromatic nitrogens is 4. The molecule has 0 unspecified atom stereocenters. The van der Waals surface area contributed by atoms with Crippen LogP contribution in [0.15, 0.2) is 82.9 Å². The van der Waals surface area contributed by atoms with E-state index < -0.39 is 0 Å². The average molecular weight is 463 g/mol. The number of hydrogen-bond donors (Lipinski definition) is 0. The van der Waals surface area contributed by atoms with Gasteiger partial charge in [0.1, 0.15) is 0 Å². The second kappa shape index (κ2) is 8.22. The molecule has 0 saturated carbocycles. The highest BCUT2D eigenvalue weighted by Crippen LogP contribution is 2.16. The highest BCUT2D eigenvalue weighted by Gasteiger charge is 2.08. The average Bonchev–Trinajstić information content (AvgIpc) is 2.79. The summed E-state index contributed by atoms with van der Waals surface area (Å²) >= 11 is 12.1. The Morgan fingerprint density at radius 2 is 1.12 bits per heavy atom. The molecule has 2 heterocycles. The minimum Gasteiger partial charge on any atom is -0.294 e. The lowest BCUT2D eigenvalue weighted by Crippen LogP contribution is -2.22. The second-order valence-corrected chi connectivity index (χ2v) is 8.37. The molecule has 5 aromatic rings. The van der Waals surface area contributed by atoms with Gasteiger partial charge in [-0.05, 0) is 47.5 Å². The quantitative estimate of drug-likeness (QED) is 0.393. The standard InChI is InChI=1S/C24H16Cl2N4O2/c25-17-4-6-21-19(9-17)23(31)29(13-27-21)11-15-2-1-3-16(8-15)12-30-14-28-22-7-5-18(26)10-20(22)24(30)32/h1-10,13-14H,11-12H2. The Morgan fingerprint density at radius 1 is 0.656 bits per heavy atom. The molecule has 158 valence electrons. The van der Waals surface area contributed by atoms with E-state index in [9.17, 15) is 9.59 Å². The Balaban J connectivity index is 1.46. The largest absolute Gasteiger partial charge is 0.294 e. The topological polar surface area (TPSA) is 69.8 Å². The van der Waals surface area contributed by atoms with Gasteiger partial charge in [-0.25, -0.2) is 9.97 Å². The van der Waals surface area contributed by atoms with Crippen LogP contribution in [0.3, 0.4) is 0 Å². The van der Waals surface area contributed by atoms with Crippen molar-refractivity contribution >= 4 is 45.0 Å². The van der Waals surface area contributed by atoms with Gasteiger partial charge in [-0.2, -0.15) is 0 Å². The van der Waals surface area contributed by atoms with Crippen molar-refractivity contribution in [3.63, 3.8) is 0 Å². The molecule has 0 aliphatic carbocycles. The molecule has 0 saturated heterocycles. The normalized spacial score (nSPS) is 11.3. The summed E-state index contributed by atoms with van der Waals surface area (Å²) in [4.78, 5) is 34.4. The molecule has 0 aliphatic heterocycles. The highest BCUT2D eigenvalue weighted by molar-refractivity contribution is 6.31. The SMILES string of the molecule is O=c1c2cc(Cl)ccc2ncn1Cc1cccc(Cn2cnc3ccc(Cl)cc3c2=O)c1. The van der Waals surface area contributed by atoms with E-state index in [-0.39, 0.29) is 11.1 Å². The van der Waals surface area contributed by atoms with E-state index in [4.69, 9.17) is 23.2 Å². The van der Waals surface area contributed by atoms with Gasteiger partial charge in [-0.15, -0.1) is 0 Å². The third-order valence-electron chi connectivity index (χ3n) is 5.27. The zero-order valence-corrected chi connectivity index (χ0v) is 18.2. The molecule has 0 bridgehead atoms. The van der Waals surface area contributed by atoms with Gasteiger partial charge in [-0.1, -0.05) is 47.5 Å². The Hall–Kier alpha value is -3.48. The number of nitrogens with zero attached hydrogens (tertiary/aromatic N) is 4. The molecule has 3 aromatic carbocycles. The Kier molecular flexibility index (Phi) is 5.25. The lowest BCUT2D eigenvalue weighted by atomic mass is 10.1. The molecule has 5 rings (SSSR count). The summed E-state index contributed by atoms with van der Waals surface area (Å²) in [5.41, 5.74) is 2.72. The van der Waals surface area contributed by atoms with E-state index in [1.807, 2.05) is 24.3 Å². The number of hydrogen-bond acceptors (Lipinski definition) is 4. The fourth-order valence-corrected chi connectivity index (χ4v) is 4.05. The highest BCUT2D eigenvalue weighted by atomic mass is 35.5. The fraction of sp³-hybridized carbons (Fsp3) is 0.0833. The van der Waals surface area contributed by atoms with Crippen LogP contribution in [0, 0.1) is 0 Å². The summed E-state index contributed by atoms with van der Waals surface area (Å²) in [5, 5.41) is 1.94. The van der Waals surface area contributed by atoms with Gasteiger partial charge in [0.15, 0.2) is 0 Å². The van der Waals surface area contributed by atoms with Gasteiger partial charge in [0.2, 0.25) is 0 Å². The molecule has 0 atom stereocenters. The molecular weight excluding hydrogens is 447 g/mol. The number of halogens is 2. The molecule has 8 heteroatoms. The smallest absolute Gasteiger partial charge is 0.261 e. The van der Waals surface area contributed by atoms with Gasteiger partial charge < -0.3 is 0 Å². The van der Waals surface area contributed by atoms with Gasteiger partial charge in [0.05, 0.1) is 47.6 Å². The van der Waals surface area contributed by atoms with Crippen LogP contribution in [-0.2, 0) is 13.1 Å². The zero-order chi connectivity index (χ0) is 22.2. The summed E-state index contributed by atoms with van der Waals surface area (Å²) in [6, 6.07) is 17.9. The summed E-state index contributed by atoms with van der Waals surface area (Å²) in [7, 11) is 0. The first-order valence-corrected chi connectivity index (χ1v) is 10.6. The summed E-state index contributed by atoms with van der Waals surface area (Å²) < 4.78 is 3.09. The minimum atomic E-state index is -0.158. The number of benzene rings is 3. The van der Waals surface area contributed by atoms with Gasteiger partial charge in [0, 0.05) is 10.0 Å². The first-order chi connectivity index (χ1) is 15.5. The zero-order valence-electron chi connectivity index (χ0n) is 16.7. The van der Waals surface area contributed by atoms with Crippen LogP contribution in [0.25, 0.3) is 21.8 Å². The van der Waals surface area contributed by atoms with E-state index in [0.717, 1.165) is 11.1 Å². The molecule has 0 radical (unpaired) electrons. The molecule has 0 fully saturated rings. The third kappa shape index (κ3) is 3.90. The van der Waals surface area contributed by atoms with E-state index in [0.29, 0.717) is 44.9 Å². The summed E-state index contributed by atoms with van der Waals surface area (Å²) in [6.45, 7) is 0.700. The van der Waals surface area contributed by atoms with Crippen molar-refractivity contribution in [1.29, 1.82) is 0 Å². The van der Waals surface area contributed by atoms with Gasteiger partial charge in [-0.3, -0.25) is 18.7 Å². The monoisotopic (exact) mass is 462 g/mol. The maximum Gasteiger partial charge on any atom is 0.261 e. The Labute approximate surface area is 192 Å². The van der Waals surface area contributed by atoms with Crippen LogP contribution in [-0.4, -0.2) is 19.1 Å². The molecule has 32 heavy (non-hydrogen) atoms. The fourth-order valence-electron chi connectivity index (χ4n) is 3.71. The van der Waals surface area contributed by atoms with Crippen LogP contribution in [0.5, 0.6) is 0 Å². The van der Waals surface area contributed by atoms with Crippen molar-refractivity contribution in [2.75, 3.05) is 0 Å². The van der Waals surface area contributed by atoms with Crippen molar-refractivity contribution in [2.24, 2.45) is 0 Å². The van der Waals surface area contributed by atoms with Crippen LogP contribution < -0.4 is 11.1 Å². The molecule has 6 nitrogen and oxygen atoms in total. The Morgan fingerprint density at radius 3 is 1.59 bits per heavy atom. The van der Waals surface area contributed by atoms with Crippen molar-refractivity contribution < 1.29 is 0 Å². The van der Waals surface area contributed by atoms with Crippen LogP contribution in [0.2, 0.25) is 10.0 Å². The van der Waals surface area contributed by atoms with Crippen molar-refractivity contribution in [3.05, 3.63) is 115 Å². The van der Waals surface area contributed by atoms with E-state index in [2.05, 4.69) is 9.97 Å². The van der Waals surface area contributed by atoms with Crippen molar-refractivity contribution in [2.45, 2.75) is 13.1 Å². The van der Waals surface area contributed by atoms with Crippen LogP contribution in [0.4, 0.5) is 0 Å². The lowest BCUT2D eigenvalue weighted by molar-refractivity contribution is 0.732. The van der Waals surface area contributed by atoms with Crippen LogP contribution >= 0.6 is 23.2 Å². The molecule has 2 aromatic heterocycles. The van der Waals surface area contributed by atoms with Gasteiger partial charge >= 0.3 is 0 Å². The first kappa shape index (κ1) is 20.4. The minimum absolute atomic E-state index is 0.158. The molecule has 0 aliphatic rings. The maximum atomic E-state index is 12.9. The van der Waals surface area contributed by atoms with Crippen molar-refractivity contribution in [3.8, 4) is 0 Å². The first-order valence-electron chi connectivity index (χ1n) is 9.85. The summed E-state index contributed by atoms with van der Waals surface area (Å²) in [6.07, 6.45) is 3.07. The molecule has 0 spiro atoms.